The lowest BCUT2D eigenvalue weighted by molar-refractivity contribution is 0.669. The summed E-state index contributed by atoms with van der Waals surface area (Å²) in [6, 6.07) is 26.3. The first-order chi connectivity index (χ1) is 17.7. The molecule has 0 aliphatic heterocycles. The lowest BCUT2D eigenvalue weighted by Gasteiger charge is -2.14. The normalized spacial score (nSPS) is 14.0. The van der Waals surface area contributed by atoms with E-state index in [-0.39, 0.29) is 0 Å². The average molecular weight is 488 g/mol. The van der Waals surface area contributed by atoms with E-state index in [1.165, 1.54) is 12.0 Å². The summed E-state index contributed by atoms with van der Waals surface area (Å²) in [4.78, 5) is 14.9. The highest BCUT2D eigenvalue weighted by Gasteiger charge is 2.18. The van der Waals surface area contributed by atoms with Gasteiger partial charge in [0, 0.05) is 32.3 Å². The molecule has 174 valence electrons. The van der Waals surface area contributed by atoms with E-state index in [1.54, 1.807) is 0 Å². The molecule has 4 aromatic carbocycles. The van der Waals surface area contributed by atoms with E-state index in [9.17, 15) is 0 Å². The van der Waals surface area contributed by atoms with Gasteiger partial charge in [-0.25, -0.2) is 15.0 Å². The SMILES string of the molecule is Clc1ccc(-c2nc(C3=CCCCC3)nc(-c3ccc4c(c3)oc3ccccc34)n2)c2ccccc12. The van der Waals surface area contributed by atoms with Crippen molar-refractivity contribution in [3.05, 3.63) is 95.8 Å². The third kappa shape index (κ3) is 3.57. The van der Waals surface area contributed by atoms with Crippen LogP contribution >= 0.6 is 11.6 Å². The Morgan fingerprint density at radius 2 is 1.39 bits per heavy atom. The Labute approximate surface area is 213 Å². The predicted molar refractivity (Wildman–Crippen MR) is 147 cm³/mol. The zero-order chi connectivity index (χ0) is 24.1. The maximum Gasteiger partial charge on any atom is 0.164 e. The summed E-state index contributed by atoms with van der Waals surface area (Å²) in [5.74, 6) is 2.04. The first-order valence-corrected chi connectivity index (χ1v) is 12.7. The average Bonchev–Trinajstić information content (AvgIpc) is 3.31. The summed E-state index contributed by atoms with van der Waals surface area (Å²) in [5, 5.41) is 4.92. The number of aromatic nitrogens is 3. The van der Waals surface area contributed by atoms with Crippen LogP contribution in [-0.4, -0.2) is 15.0 Å². The number of rotatable bonds is 3. The Morgan fingerprint density at radius 3 is 2.25 bits per heavy atom. The van der Waals surface area contributed by atoms with Gasteiger partial charge >= 0.3 is 0 Å². The van der Waals surface area contributed by atoms with Gasteiger partial charge in [-0.1, -0.05) is 66.2 Å². The zero-order valence-electron chi connectivity index (χ0n) is 19.5. The largest absolute Gasteiger partial charge is 0.456 e. The van der Waals surface area contributed by atoms with Crippen molar-refractivity contribution in [2.24, 2.45) is 0 Å². The minimum Gasteiger partial charge on any atom is -0.456 e. The standard InChI is InChI=1S/C31H22ClN3O/c32-26-17-16-25(21-10-4-5-11-22(21)26)31-34-29(19-8-2-1-3-9-19)33-30(35-31)20-14-15-24-23-12-6-7-13-27(23)36-28(24)18-20/h4-8,10-18H,1-3,9H2. The molecule has 2 aromatic heterocycles. The van der Waals surface area contributed by atoms with Crippen molar-refractivity contribution in [2.75, 3.05) is 0 Å². The summed E-state index contributed by atoms with van der Waals surface area (Å²) in [7, 11) is 0. The Morgan fingerprint density at radius 1 is 0.639 bits per heavy atom. The maximum atomic E-state index is 6.51. The van der Waals surface area contributed by atoms with Crippen molar-refractivity contribution in [1.29, 1.82) is 0 Å². The van der Waals surface area contributed by atoms with E-state index in [2.05, 4.69) is 30.3 Å². The van der Waals surface area contributed by atoms with Crippen LogP contribution in [0, 0.1) is 0 Å². The van der Waals surface area contributed by atoms with Crippen LogP contribution in [0.3, 0.4) is 0 Å². The second-order valence-corrected chi connectivity index (χ2v) is 9.64. The lowest BCUT2D eigenvalue weighted by Crippen LogP contribution is -2.04. The maximum absolute atomic E-state index is 6.51. The summed E-state index contributed by atoms with van der Waals surface area (Å²) in [6.07, 6.45) is 6.66. The number of hydrogen-bond acceptors (Lipinski definition) is 4. The number of nitrogens with zero attached hydrogens (tertiary/aromatic N) is 3. The Balaban J connectivity index is 1.45. The fourth-order valence-corrected chi connectivity index (χ4v) is 5.36. The first-order valence-electron chi connectivity index (χ1n) is 12.3. The zero-order valence-corrected chi connectivity index (χ0v) is 20.3. The summed E-state index contributed by atoms with van der Waals surface area (Å²) in [6.45, 7) is 0. The smallest absolute Gasteiger partial charge is 0.164 e. The van der Waals surface area contributed by atoms with Crippen LogP contribution in [0.1, 0.15) is 31.5 Å². The molecule has 0 saturated carbocycles. The molecular formula is C31H22ClN3O. The fourth-order valence-electron chi connectivity index (χ4n) is 5.13. The van der Waals surface area contributed by atoms with Crippen LogP contribution in [0.25, 0.3) is 61.1 Å². The van der Waals surface area contributed by atoms with Crippen molar-refractivity contribution in [3.8, 4) is 22.8 Å². The first kappa shape index (κ1) is 21.3. The van der Waals surface area contributed by atoms with Crippen molar-refractivity contribution >= 4 is 49.9 Å². The number of halogens is 1. The van der Waals surface area contributed by atoms with Gasteiger partial charge in [-0.3, -0.25) is 0 Å². The van der Waals surface area contributed by atoms with Gasteiger partial charge in [0.05, 0.1) is 0 Å². The van der Waals surface area contributed by atoms with E-state index in [0.717, 1.165) is 68.9 Å². The number of fused-ring (bicyclic) bond motifs is 4. The van der Waals surface area contributed by atoms with E-state index >= 15 is 0 Å². The molecule has 0 bridgehead atoms. The monoisotopic (exact) mass is 487 g/mol. The molecule has 2 heterocycles. The highest BCUT2D eigenvalue weighted by Crippen LogP contribution is 2.35. The third-order valence-corrected chi connectivity index (χ3v) is 7.29. The molecule has 1 aliphatic carbocycles. The molecule has 0 fully saturated rings. The molecule has 6 aromatic rings. The van der Waals surface area contributed by atoms with Crippen molar-refractivity contribution < 1.29 is 4.42 Å². The summed E-state index contributed by atoms with van der Waals surface area (Å²) >= 11 is 6.51. The lowest BCUT2D eigenvalue weighted by atomic mass is 9.98. The van der Waals surface area contributed by atoms with E-state index in [4.69, 9.17) is 31.0 Å². The van der Waals surface area contributed by atoms with Crippen LogP contribution < -0.4 is 0 Å². The molecule has 0 atom stereocenters. The Kier molecular flexibility index (Phi) is 5.07. The van der Waals surface area contributed by atoms with Crippen LogP contribution in [0.2, 0.25) is 5.02 Å². The molecule has 36 heavy (non-hydrogen) atoms. The highest BCUT2D eigenvalue weighted by atomic mass is 35.5. The van der Waals surface area contributed by atoms with Gasteiger partial charge in [-0.05, 0) is 67.0 Å². The van der Waals surface area contributed by atoms with Gasteiger partial charge < -0.3 is 4.42 Å². The third-order valence-electron chi connectivity index (χ3n) is 6.96. The molecule has 5 heteroatoms. The van der Waals surface area contributed by atoms with Crippen LogP contribution in [-0.2, 0) is 0 Å². The molecule has 0 spiro atoms. The van der Waals surface area contributed by atoms with Crippen LogP contribution in [0.5, 0.6) is 0 Å². The van der Waals surface area contributed by atoms with E-state index in [0.29, 0.717) is 16.7 Å². The predicted octanol–water partition coefficient (Wildman–Crippen LogP) is 8.87. The number of hydrogen-bond donors (Lipinski definition) is 0. The van der Waals surface area contributed by atoms with Crippen molar-refractivity contribution in [2.45, 2.75) is 25.7 Å². The van der Waals surface area contributed by atoms with Gasteiger partial charge in [0.1, 0.15) is 11.2 Å². The summed E-state index contributed by atoms with van der Waals surface area (Å²) in [5.41, 5.74) is 4.74. The van der Waals surface area contributed by atoms with Gasteiger partial charge in [0.15, 0.2) is 17.5 Å². The quantitative estimate of drug-likeness (QED) is 0.250. The van der Waals surface area contributed by atoms with E-state index in [1.807, 2.05) is 54.6 Å². The molecule has 0 amide bonds. The fraction of sp³-hybridized carbons (Fsp3) is 0.129. The van der Waals surface area contributed by atoms with Crippen LogP contribution in [0.4, 0.5) is 0 Å². The van der Waals surface area contributed by atoms with Gasteiger partial charge in [0.25, 0.3) is 0 Å². The molecule has 1 aliphatic rings. The van der Waals surface area contributed by atoms with Gasteiger partial charge in [-0.15, -0.1) is 0 Å². The molecule has 0 saturated heterocycles. The van der Waals surface area contributed by atoms with Crippen molar-refractivity contribution in [3.63, 3.8) is 0 Å². The number of allylic oxidation sites excluding steroid dienone is 2. The number of furan rings is 1. The second-order valence-electron chi connectivity index (χ2n) is 9.23. The Bertz CT molecular complexity index is 1820. The molecule has 0 N–H and O–H groups in total. The molecule has 4 nitrogen and oxygen atoms in total. The van der Waals surface area contributed by atoms with Gasteiger partial charge in [-0.2, -0.15) is 0 Å². The minimum absolute atomic E-state index is 0.642. The minimum atomic E-state index is 0.642. The summed E-state index contributed by atoms with van der Waals surface area (Å²) < 4.78 is 6.15. The van der Waals surface area contributed by atoms with Crippen LogP contribution in [0.15, 0.2) is 89.4 Å². The topological polar surface area (TPSA) is 51.8 Å². The highest BCUT2D eigenvalue weighted by molar-refractivity contribution is 6.36. The van der Waals surface area contributed by atoms with Crippen molar-refractivity contribution in [1.82, 2.24) is 15.0 Å². The van der Waals surface area contributed by atoms with Gasteiger partial charge in [0.2, 0.25) is 0 Å². The number of benzene rings is 4. The Hall–Kier alpha value is -4.02. The molecule has 0 radical (unpaired) electrons. The number of para-hydroxylation sites is 1. The molecule has 0 unspecified atom stereocenters. The second kappa shape index (κ2) is 8.58. The molecular weight excluding hydrogens is 466 g/mol. The molecule has 7 rings (SSSR count). The van der Waals surface area contributed by atoms with E-state index < -0.39 is 0 Å².